The van der Waals surface area contributed by atoms with E-state index in [1.165, 1.54) is 32.2 Å². The number of benzene rings is 2. The number of nitrogens with zero attached hydrogens (tertiary/aromatic N) is 1. The van der Waals surface area contributed by atoms with Gasteiger partial charge in [-0.1, -0.05) is 29.8 Å². The van der Waals surface area contributed by atoms with E-state index in [9.17, 15) is 19.7 Å². The summed E-state index contributed by atoms with van der Waals surface area (Å²) in [4.78, 5) is 34.9. The van der Waals surface area contributed by atoms with Gasteiger partial charge in [-0.05, 0) is 30.7 Å². The van der Waals surface area contributed by atoms with Crippen molar-refractivity contribution in [3.63, 3.8) is 0 Å². The lowest BCUT2D eigenvalue weighted by Gasteiger charge is -2.19. The molecule has 8 heteroatoms. The van der Waals surface area contributed by atoms with Gasteiger partial charge in [0.05, 0.1) is 24.5 Å². The van der Waals surface area contributed by atoms with E-state index in [0.717, 1.165) is 0 Å². The second-order valence-electron chi connectivity index (χ2n) is 5.56. The molecule has 0 heterocycles. The maximum atomic E-state index is 12.6. The zero-order valence-corrected chi connectivity index (χ0v) is 14.9. The molecule has 7 nitrogen and oxygen atoms in total. The smallest absolute Gasteiger partial charge is 0.307 e. The molecule has 0 aromatic heterocycles. The molecule has 0 saturated carbocycles. The Hall–Kier alpha value is -2.93. The number of hydrogen-bond acceptors (Lipinski definition) is 5. The van der Waals surface area contributed by atoms with Crippen molar-refractivity contribution < 1.29 is 19.2 Å². The summed E-state index contributed by atoms with van der Waals surface area (Å²) in [6, 6.07) is 10.3. The molecule has 0 aliphatic carbocycles. The number of esters is 1. The molecule has 0 aliphatic heterocycles. The summed E-state index contributed by atoms with van der Waals surface area (Å²) in [5, 5.41) is 14.3. The molecule has 136 valence electrons. The van der Waals surface area contributed by atoms with Crippen molar-refractivity contribution >= 4 is 29.2 Å². The van der Waals surface area contributed by atoms with Crippen LogP contribution in [0.5, 0.6) is 0 Å². The molecule has 0 radical (unpaired) electrons. The highest BCUT2D eigenvalue weighted by molar-refractivity contribution is 6.30. The van der Waals surface area contributed by atoms with Crippen LogP contribution in [0.3, 0.4) is 0 Å². The average molecular weight is 377 g/mol. The maximum absolute atomic E-state index is 12.6. The molecule has 0 bridgehead atoms. The van der Waals surface area contributed by atoms with Gasteiger partial charge in [-0.15, -0.1) is 0 Å². The molecule has 26 heavy (non-hydrogen) atoms. The molecule has 0 aliphatic rings. The first-order valence-electron chi connectivity index (χ1n) is 7.70. The predicted molar refractivity (Wildman–Crippen MR) is 96.1 cm³/mol. The van der Waals surface area contributed by atoms with Gasteiger partial charge in [0.15, 0.2) is 0 Å². The first-order valence-corrected chi connectivity index (χ1v) is 8.08. The zero-order valence-electron chi connectivity index (χ0n) is 14.2. The Labute approximate surface area is 155 Å². The standard InChI is InChI=1S/C18H17ClN2O5/c1-11-14(4-3-5-16(11)21(24)25)18(23)20-15(10-17(22)26-2)12-6-8-13(19)9-7-12/h3-9,15H,10H2,1-2H3,(H,20,23). The lowest BCUT2D eigenvalue weighted by Crippen LogP contribution is -2.31. The van der Waals surface area contributed by atoms with Gasteiger partial charge in [0.25, 0.3) is 11.6 Å². The Morgan fingerprint density at radius 3 is 2.46 bits per heavy atom. The molecule has 2 rings (SSSR count). The SMILES string of the molecule is COC(=O)CC(NC(=O)c1cccc([N+](=O)[O-])c1C)c1ccc(Cl)cc1. The van der Waals surface area contributed by atoms with E-state index in [-0.39, 0.29) is 23.2 Å². The van der Waals surface area contributed by atoms with Gasteiger partial charge in [0.1, 0.15) is 0 Å². The normalized spacial score (nSPS) is 11.5. The van der Waals surface area contributed by atoms with Gasteiger partial charge in [-0.3, -0.25) is 19.7 Å². The Morgan fingerprint density at radius 2 is 1.88 bits per heavy atom. The van der Waals surface area contributed by atoms with Crippen molar-refractivity contribution in [2.45, 2.75) is 19.4 Å². The zero-order chi connectivity index (χ0) is 19.3. The largest absolute Gasteiger partial charge is 0.469 e. The first kappa shape index (κ1) is 19.4. The molecule has 2 aromatic rings. The Morgan fingerprint density at radius 1 is 1.23 bits per heavy atom. The highest BCUT2D eigenvalue weighted by Crippen LogP contribution is 2.24. The lowest BCUT2D eigenvalue weighted by molar-refractivity contribution is -0.385. The number of hydrogen-bond donors (Lipinski definition) is 1. The van der Waals surface area contributed by atoms with Crippen LogP contribution < -0.4 is 5.32 Å². The van der Waals surface area contributed by atoms with E-state index in [0.29, 0.717) is 10.6 Å². The third-order valence-electron chi connectivity index (χ3n) is 3.92. The molecule has 0 saturated heterocycles. The van der Waals surface area contributed by atoms with Crippen LogP contribution in [-0.2, 0) is 9.53 Å². The van der Waals surface area contributed by atoms with Crippen LogP contribution in [0.25, 0.3) is 0 Å². The number of amides is 1. The first-order chi connectivity index (χ1) is 12.3. The van der Waals surface area contributed by atoms with Gasteiger partial charge in [-0.2, -0.15) is 0 Å². The second-order valence-corrected chi connectivity index (χ2v) is 6.00. The minimum atomic E-state index is -0.661. The highest BCUT2D eigenvalue weighted by atomic mass is 35.5. The minimum Gasteiger partial charge on any atom is -0.469 e. The molecule has 2 aromatic carbocycles. The van der Waals surface area contributed by atoms with E-state index < -0.39 is 22.8 Å². The number of halogens is 1. The number of methoxy groups -OCH3 is 1. The number of carbonyl (C=O) groups is 2. The Bertz CT molecular complexity index is 836. The van der Waals surface area contributed by atoms with Crippen molar-refractivity contribution in [1.82, 2.24) is 5.32 Å². The molecular weight excluding hydrogens is 360 g/mol. The van der Waals surface area contributed by atoms with E-state index >= 15 is 0 Å². The number of rotatable bonds is 6. The number of carbonyl (C=O) groups excluding carboxylic acids is 2. The Kier molecular flexibility index (Phi) is 6.30. The summed E-state index contributed by atoms with van der Waals surface area (Å²) >= 11 is 5.88. The summed E-state index contributed by atoms with van der Waals surface area (Å²) in [7, 11) is 1.26. The summed E-state index contributed by atoms with van der Waals surface area (Å²) in [6.07, 6.45) is -0.0855. The summed E-state index contributed by atoms with van der Waals surface area (Å²) in [5.41, 5.74) is 0.941. The number of nitro groups is 1. The number of nitro benzene ring substituents is 1. The third-order valence-corrected chi connectivity index (χ3v) is 4.17. The molecular formula is C18H17ClN2O5. The van der Waals surface area contributed by atoms with Crippen molar-refractivity contribution in [2.75, 3.05) is 7.11 Å². The quantitative estimate of drug-likeness (QED) is 0.472. The lowest BCUT2D eigenvalue weighted by atomic mass is 10.0. The number of nitrogens with one attached hydrogen (secondary N) is 1. The van der Waals surface area contributed by atoms with E-state index in [1.807, 2.05) is 0 Å². The average Bonchev–Trinajstić information content (AvgIpc) is 2.61. The minimum absolute atomic E-state index is 0.0855. The van der Waals surface area contributed by atoms with Gasteiger partial charge < -0.3 is 10.1 Å². The van der Waals surface area contributed by atoms with E-state index in [2.05, 4.69) is 10.1 Å². The van der Waals surface area contributed by atoms with Crippen LogP contribution in [-0.4, -0.2) is 23.9 Å². The van der Waals surface area contributed by atoms with Crippen LogP contribution in [0.2, 0.25) is 5.02 Å². The van der Waals surface area contributed by atoms with E-state index in [1.54, 1.807) is 24.3 Å². The predicted octanol–water partition coefficient (Wildman–Crippen LogP) is 3.59. The van der Waals surface area contributed by atoms with Crippen molar-refractivity contribution in [3.05, 3.63) is 74.3 Å². The Balaban J connectivity index is 2.31. The van der Waals surface area contributed by atoms with E-state index in [4.69, 9.17) is 11.6 Å². The van der Waals surface area contributed by atoms with Gasteiger partial charge >= 0.3 is 5.97 Å². The van der Waals surface area contributed by atoms with Crippen LogP contribution in [0.4, 0.5) is 5.69 Å². The third kappa shape index (κ3) is 4.58. The monoisotopic (exact) mass is 376 g/mol. The highest BCUT2D eigenvalue weighted by Gasteiger charge is 2.23. The second kappa shape index (κ2) is 8.44. The molecule has 1 unspecified atom stereocenters. The van der Waals surface area contributed by atoms with Gasteiger partial charge in [0.2, 0.25) is 0 Å². The fourth-order valence-electron chi connectivity index (χ4n) is 2.50. The van der Waals surface area contributed by atoms with Crippen LogP contribution in [0, 0.1) is 17.0 Å². The molecule has 1 atom stereocenters. The molecule has 1 amide bonds. The van der Waals surface area contributed by atoms with Crippen molar-refractivity contribution in [3.8, 4) is 0 Å². The van der Waals surface area contributed by atoms with Crippen molar-refractivity contribution in [1.29, 1.82) is 0 Å². The summed E-state index contributed by atoms with van der Waals surface area (Å²) in [6.45, 7) is 1.50. The van der Waals surface area contributed by atoms with Gasteiger partial charge in [-0.25, -0.2) is 0 Å². The molecule has 1 N–H and O–H groups in total. The summed E-state index contributed by atoms with van der Waals surface area (Å²) < 4.78 is 4.68. The van der Waals surface area contributed by atoms with Crippen LogP contribution >= 0.6 is 11.6 Å². The molecule has 0 spiro atoms. The molecule has 0 fully saturated rings. The maximum Gasteiger partial charge on any atom is 0.307 e. The fraction of sp³-hybridized carbons (Fsp3) is 0.222. The van der Waals surface area contributed by atoms with Crippen LogP contribution in [0.1, 0.15) is 33.9 Å². The van der Waals surface area contributed by atoms with Crippen molar-refractivity contribution in [2.24, 2.45) is 0 Å². The van der Waals surface area contributed by atoms with Gasteiger partial charge in [0, 0.05) is 22.2 Å². The topological polar surface area (TPSA) is 98.5 Å². The summed E-state index contributed by atoms with van der Waals surface area (Å²) in [5.74, 6) is -1.02. The van der Waals surface area contributed by atoms with Crippen LogP contribution in [0.15, 0.2) is 42.5 Å². The fourth-order valence-corrected chi connectivity index (χ4v) is 2.63. The number of ether oxygens (including phenoxy) is 1.